The number of aromatic nitrogens is 3. The van der Waals surface area contributed by atoms with E-state index < -0.39 is 0 Å². The van der Waals surface area contributed by atoms with Crippen molar-refractivity contribution in [3.05, 3.63) is 70.8 Å². The van der Waals surface area contributed by atoms with Crippen LogP contribution in [0.1, 0.15) is 18.0 Å². The molecule has 32 heavy (non-hydrogen) atoms. The number of nitrogens with one attached hydrogen (secondary N) is 1. The lowest BCUT2D eigenvalue weighted by Crippen LogP contribution is -2.28. The van der Waals surface area contributed by atoms with Crippen molar-refractivity contribution in [1.82, 2.24) is 19.4 Å². The average molecular weight is 450 g/mol. The molecule has 1 saturated heterocycles. The zero-order chi connectivity index (χ0) is 21.5. The van der Waals surface area contributed by atoms with E-state index in [1.54, 1.807) is 39.6 Å². The molecule has 0 radical (unpaired) electrons. The first kappa shape index (κ1) is 21.4. The zero-order valence-corrected chi connectivity index (χ0v) is 17.7. The van der Waals surface area contributed by atoms with Gasteiger partial charge in [0.05, 0.1) is 22.8 Å². The van der Waals surface area contributed by atoms with Crippen molar-refractivity contribution in [3.8, 4) is 34.4 Å². The van der Waals surface area contributed by atoms with E-state index in [0.29, 0.717) is 34.5 Å². The Morgan fingerprint density at radius 3 is 2.69 bits per heavy atom. The van der Waals surface area contributed by atoms with Crippen molar-refractivity contribution < 1.29 is 10.2 Å². The van der Waals surface area contributed by atoms with Crippen LogP contribution in [0, 0.1) is 11.3 Å². The molecule has 0 amide bonds. The van der Waals surface area contributed by atoms with Gasteiger partial charge >= 0.3 is 5.69 Å². The Morgan fingerprint density at radius 2 is 1.97 bits per heavy atom. The summed E-state index contributed by atoms with van der Waals surface area (Å²) < 4.78 is 3.28. The number of fused-ring (bicyclic) bond motifs is 1. The van der Waals surface area contributed by atoms with E-state index >= 15 is 0 Å². The lowest BCUT2D eigenvalue weighted by atomic mass is 10.0. The zero-order valence-electron chi connectivity index (χ0n) is 16.9. The summed E-state index contributed by atoms with van der Waals surface area (Å²) in [7, 11) is 0. The SMILES string of the molecule is Cl.N#Cc1cc(-c2ccc(-n3c(=O)n(C4CCNC4)c4ncccc43)cc2O)ccc1O. The second-order valence-electron chi connectivity index (χ2n) is 7.53. The topological polar surface area (TPSA) is 116 Å². The smallest absolute Gasteiger partial charge is 0.335 e. The highest BCUT2D eigenvalue weighted by Crippen LogP contribution is 2.34. The molecule has 1 aliphatic rings. The fourth-order valence-electron chi connectivity index (χ4n) is 4.18. The molecule has 0 spiro atoms. The van der Waals surface area contributed by atoms with Crippen molar-refractivity contribution in [2.75, 3.05) is 13.1 Å². The van der Waals surface area contributed by atoms with Crippen LogP contribution in [0.2, 0.25) is 0 Å². The van der Waals surface area contributed by atoms with Gasteiger partial charge in [-0.1, -0.05) is 6.07 Å². The van der Waals surface area contributed by atoms with E-state index in [1.165, 1.54) is 18.2 Å². The van der Waals surface area contributed by atoms with Gasteiger partial charge in [0.1, 0.15) is 17.6 Å². The van der Waals surface area contributed by atoms with Gasteiger partial charge < -0.3 is 15.5 Å². The highest BCUT2D eigenvalue weighted by atomic mass is 35.5. The molecule has 1 aliphatic heterocycles. The maximum Gasteiger partial charge on any atom is 0.335 e. The number of benzene rings is 2. The molecular formula is C23H20ClN5O3. The van der Waals surface area contributed by atoms with Crippen molar-refractivity contribution in [2.45, 2.75) is 12.5 Å². The summed E-state index contributed by atoms with van der Waals surface area (Å²) in [6.07, 6.45) is 2.52. The van der Waals surface area contributed by atoms with Crippen LogP contribution < -0.4 is 11.0 Å². The maximum atomic E-state index is 13.4. The second kappa shape index (κ2) is 8.38. The summed E-state index contributed by atoms with van der Waals surface area (Å²) in [5.41, 5.74) is 2.81. The van der Waals surface area contributed by atoms with Crippen LogP contribution in [0.25, 0.3) is 28.0 Å². The fourth-order valence-corrected chi connectivity index (χ4v) is 4.18. The first-order chi connectivity index (χ1) is 15.1. The van der Waals surface area contributed by atoms with Crippen LogP contribution >= 0.6 is 12.4 Å². The van der Waals surface area contributed by atoms with Gasteiger partial charge in [0.2, 0.25) is 0 Å². The van der Waals surface area contributed by atoms with E-state index in [4.69, 9.17) is 5.26 Å². The number of hydrogen-bond donors (Lipinski definition) is 3. The Balaban J connectivity index is 0.00000245. The molecule has 0 saturated carbocycles. The highest BCUT2D eigenvalue weighted by Gasteiger charge is 2.25. The standard InChI is InChI=1S/C23H19N5O3.ClH/c24-12-15-10-14(3-6-20(15)29)18-5-4-16(11-21(18)30)27-19-2-1-8-26-22(19)28(23(27)31)17-7-9-25-13-17;/h1-6,8,10-11,17,25,29-30H,7,9,13H2;1H. The van der Waals surface area contributed by atoms with Gasteiger partial charge in [0.15, 0.2) is 5.65 Å². The van der Waals surface area contributed by atoms with Crippen molar-refractivity contribution >= 4 is 23.6 Å². The summed E-state index contributed by atoms with van der Waals surface area (Å²) in [5.74, 6) is -0.151. The van der Waals surface area contributed by atoms with Crippen LogP contribution in [0.3, 0.4) is 0 Å². The molecule has 8 nitrogen and oxygen atoms in total. The Morgan fingerprint density at radius 1 is 1.12 bits per heavy atom. The Bertz CT molecular complexity index is 1410. The molecule has 4 aromatic rings. The molecule has 0 bridgehead atoms. The second-order valence-corrected chi connectivity index (χ2v) is 7.53. The van der Waals surface area contributed by atoms with Crippen molar-refractivity contribution in [1.29, 1.82) is 5.26 Å². The number of nitriles is 1. The number of pyridine rings is 1. The molecule has 9 heteroatoms. The maximum absolute atomic E-state index is 13.4. The van der Waals surface area contributed by atoms with Crippen molar-refractivity contribution in [2.24, 2.45) is 0 Å². The minimum atomic E-state index is -0.203. The molecule has 1 fully saturated rings. The van der Waals surface area contributed by atoms with Crippen LogP contribution in [-0.4, -0.2) is 37.4 Å². The molecular weight excluding hydrogens is 430 g/mol. The van der Waals surface area contributed by atoms with Crippen molar-refractivity contribution in [3.63, 3.8) is 0 Å². The molecule has 2 aromatic heterocycles. The van der Waals surface area contributed by atoms with Gasteiger partial charge in [-0.05, 0) is 54.9 Å². The van der Waals surface area contributed by atoms with Gasteiger partial charge in [-0.15, -0.1) is 12.4 Å². The van der Waals surface area contributed by atoms with Gasteiger partial charge in [-0.3, -0.25) is 9.13 Å². The first-order valence-corrected chi connectivity index (χ1v) is 9.94. The van der Waals surface area contributed by atoms with Gasteiger partial charge in [-0.25, -0.2) is 9.78 Å². The van der Waals surface area contributed by atoms with E-state index in [-0.39, 0.29) is 41.2 Å². The average Bonchev–Trinajstić information content (AvgIpc) is 3.39. The third-order valence-corrected chi connectivity index (χ3v) is 5.70. The van der Waals surface area contributed by atoms with E-state index in [9.17, 15) is 15.0 Å². The van der Waals surface area contributed by atoms with Crippen LogP contribution in [-0.2, 0) is 0 Å². The fraction of sp³-hybridized carbons (Fsp3) is 0.174. The van der Waals surface area contributed by atoms with E-state index in [2.05, 4.69) is 10.3 Å². The molecule has 3 N–H and O–H groups in total. The monoisotopic (exact) mass is 449 g/mol. The van der Waals surface area contributed by atoms with Gasteiger partial charge in [0.25, 0.3) is 0 Å². The number of halogens is 1. The van der Waals surface area contributed by atoms with E-state index in [0.717, 1.165) is 13.0 Å². The molecule has 1 unspecified atom stereocenters. The summed E-state index contributed by atoms with van der Waals surface area (Å²) in [6.45, 7) is 1.56. The molecule has 162 valence electrons. The predicted molar refractivity (Wildman–Crippen MR) is 123 cm³/mol. The molecule has 2 aromatic carbocycles. The number of rotatable bonds is 3. The lowest BCUT2D eigenvalue weighted by Gasteiger charge is -2.10. The molecule has 1 atom stereocenters. The van der Waals surface area contributed by atoms with Gasteiger partial charge in [0, 0.05) is 24.4 Å². The number of aromatic hydroxyl groups is 2. The molecule has 5 rings (SSSR count). The minimum absolute atomic E-state index is 0. The van der Waals surface area contributed by atoms with Crippen LogP contribution in [0.15, 0.2) is 59.5 Å². The summed E-state index contributed by atoms with van der Waals surface area (Å²) in [6, 6.07) is 15.1. The molecule has 0 aliphatic carbocycles. The van der Waals surface area contributed by atoms with Gasteiger partial charge in [-0.2, -0.15) is 5.26 Å². The summed E-state index contributed by atoms with van der Waals surface area (Å²) in [4.78, 5) is 17.8. The van der Waals surface area contributed by atoms with E-state index in [1.807, 2.05) is 12.1 Å². The number of imidazole rings is 1. The predicted octanol–water partition coefficient (Wildman–Crippen LogP) is 3.09. The Labute approximate surface area is 189 Å². The van der Waals surface area contributed by atoms with Crippen LogP contribution in [0.4, 0.5) is 0 Å². The first-order valence-electron chi connectivity index (χ1n) is 9.94. The van der Waals surface area contributed by atoms with Crippen LogP contribution in [0.5, 0.6) is 11.5 Å². The number of hydrogen-bond acceptors (Lipinski definition) is 6. The third-order valence-electron chi connectivity index (χ3n) is 5.70. The quantitative estimate of drug-likeness (QED) is 0.442. The lowest BCUT2D eigenvalue weighted by molar-refractivity contribution is 0.472. The normalized spacial score (nSPS) is 15.4. The highest BCUT2D eigenvalue weighted by molar-refractivity contribution is 5.85. The Kier molecular flexibility index (Phi) is 5.61. The minimum Gasteiger partial charge on any atom is -0.507 e. The molecule has 3 heterocycles. The third kappa shape index (κ3) is 3.38. The summed E-state index contributed by atoms with van der Waals surface area (Å²) in [5, 5.41) is 32.9. The number of phenolic OH excluding ortho intramolecular Hbond substituents is 2. The number of phenols is 2. The summed E-state index contributed by atoms with van der Waals surface area (Å²) >= 11 is 0. The Hall–Kier alpha value is -3.80. The largest absolute Gasteiger partial charge is 0.507 e. The number of nitrogens with zero attached hydrogens (tertiary/aromatic N) is 4.